The first-order chi connectivity index (χ1) is 8.06. The molecule has 0 amide bonds. The molecule has 0 spiro atoms. The van der Waals surface area contributed by atoms with E-state index in [9.17, 15) is 5.11 Å². The van der Waals surface area contributed by atoms with Crippen molar-refractivity contribution >= 4 is 11.6 Å². The van der Waals surface area contributed by atoms with Gasteiger partial charge in [-0.2, -0.15) is 0 Å². The Bertz CT molecular complexity index is 367. The van der Waals surface area contributed by atoms with Crippen molar-refractivity contribution in [1.29, 1.82) is 0 Å². The molecule has 2 rings (SSSR count). The maximum atomic E-state index is 10.4. The molecule has 0 bridgehead atoms. The Kier molecular flexibility index (Phi) is 4.11. The van der Waals surface area contributed by atoms with Gasteiger partial charge in [-0.25, -0.2) is 0 Å². The lowest BCUT2D eigenvalue weighted by molar-refractivity contribution is 0.0552. The minimum absolute atomic E-state index is 0.362. The number of benzene rings is 1. The summed E-state index contributed by atoms with van der Waals surface area (Å²) in [5, 5.41) is 11.2. The Labute approximate surface area is 109 Å². The van der Waals surface area contributed by atoms with Crippen molar-refractivity contribution < 1.29 is 5.11 Å². The highest BCUT2D eigenvalue weighted by Gasteiger charge is 2.29. The van der Waals surface area contributed by atoms with Crippen molar-refractivity contribution in [3.05, 3.63) is 34.9 Å². The van der Waals surface area contributed by atoms with Crippen LogP contribution in [0.2, 0.25) is 5.02 Å². The van der Waals surface area contributed by atoms with E-state index in [0.717, 1.165) is 30.2 Å². The fourth-order valence-corrected chi connectivity index (χ4v) is 3.43. The number of aliphatic hydroxyl groups is 1. The summed E-state index contributed by atoms with van der Waals surface area (Å²) >= 11 is 5.97. The molecule has 0 radical (unpaired) electrons. The molecule has 0 aliphatic heterocycles. The molecule has 0 saturated heterocycles. The Hall–Kier alpha value is -0.530. The van der Waals surface area contributed by atoms with Gasteiger partial charge in [0.1, 0.15) is 0 Å². The molecule has 1 nitrogen and oxygen atoms in total. The van der Waals surface area contributed by atoms with Crippen LogP contribution in [0.15, 0.2) is 24.3 Å². The second kappa shape index (κ2) is 5.41. The van der Waals surface area contributed by atoms with Crippen LogP contribution in [0.1, 0.15) is 44.8 Å². The summed E-state index contributed by atoms with van der Waals surface area (Å²) in [4.78, 5) is 0. The molecule has 1 N–H and O–H groups in total. The van der Waals surface area contributed by atoms with Crippen molar-refractivity contribution in [2.45, 2.75) is 39.2 Å². The van der Waals surface area contributed by atoms with E-state index in [0.29, 0.717) is 10.9 Å². The van der Waals surface area contributed by atoms with Crippen LogP contribution >= 0.6 is 11.6 Å². The average molecular weight is 253 g/mol. The maximum Gasteiger partial charge on any atom is 0.0818 e. The molecule has 1 aromatic rings. The quantitative estimate of drug-likeness (QED) is 0.825. The largest absolute Gasteiger partial charge is 0.388 e. The maximum absolute atomic E-state index is 10.4. The van der Waals surface area contributed by atoms with E-state index in [-0.39, 0.29) is 6.10 Å². The Balaban J connectivity index is 2.11. The van der Waals surface area contributed by atoms with Gasteiger partial charge in [-0.1, -0.05) is 37.6 Å². The highest BCUT2D eigenvalue weighted by molar-refractivity contribution is 6.30. The van der Waals surface area contributed by atoms with Gasteiger partial charge in [-0.05, 0) is 54.7 Å². The van der Waals surface area contributed by atoms with E-state index < -0.39 is 0 Å². The van der Waals surface area contributed by atoms with Crippen LogP contribution in [-0.2, 0) is 0 Å². The summed E-state index contributed by atoms with van der Waals surface area (Å²) < 4.78 is 0. The molecule has 94 valence electrons. The van der Waals surface area contributed by atoms with Gasteiger partial charge in [0, 0.05) is 5.02 Å². The summed E-state index contributed by atoms with van der Waals surface area (Å²) in [6.07, 6.45) is 3.17. The molecule has 0 aromatic heterocycles. The van der Waals surface area contributed by atoms with E-state index in [1.807, 2.05) is 24.3 Å². The second-order valence-electron chi connectivity index (χ2n) is 5.68. The molecule has 3 atom stereocenters. The minimum Gasteiger partial charge on any atom is -0.388 e. The summed E-state index contributed by atoms with van der Waals surface area (Å²) in [6.45, 7) is 4.57. The van der Waals surface area contributed by atoms with E-state index >= 15 is 0 Å². The van der Waals surface area contributed by atoms with Crippen molar-refractivity contribution in [3.63, 3.8) is 0 Å². The highest BCUT2D eigenvalue weighted by Crippen LogP contribution is 2.39. The number of rotatable bonds is 2. The number of hydrogen-bond donors (Lipinski definition) is 1. The third-order valence-electron chi connectivity index (χ3n) is 3.85. The van der Waals surface area contributed by atoms with E-state index in [1.165, 1.54) is 6.42 Å². The first-order valence-corrected chi connectivity index (χ1v) is 6.87. The van der Waals surface area contributed by atoms with Crippen LogP contribution in [0.3, 0.4) is 0 Å². The third-order valence-corrected chi connectivity index (χ3v) is 4.09. The van der Waals surface area contributed by atoms with E-state index in [1.54, 1.807) is 0 Å². The van der Waals surface area contributed by atoms with Gasteiger partial charge in [0.2, 0.25) is 0 Å². The molecular weight excluding hydrogens is 232 g/mol. The molecule has 1 aliphatic rings. The normalized spacial score (nSPS) is 31.2. The summed E-state index contributed by atoms with van der Waals surface area (Å²) in [5.74, 6) is 1.82. The zero-order chi connectivity index (χ0) is 12.4. The van der Waals surface area contributed by atoms with Gasteiger partial charge in [0.05, 0.1) is 6.10 Å². The smallest absolute Gasteiger partial charge is 0.0818 e. The topological polar surface area (TPSA) is 20.2 Å². The summed E-state index contributed by atoms with van der Waals surface area (Å²) in [5.41, 5.74) is 0.962. The van der Waals surface area contributed by atoms with Crippen LogP contribution in [0.25, 0.3) is 0 Å². The SMILES string of the molecule is CC1CC(C)CC(C(O)c2cccc(Cl)c2)C1. The predicted octanol–water partition coefficient (Wildman–Crippen LogP) is 4.45. The molecule has 3 unspecified atom stereocenters. The van der Waals surface area contributed by atoms with Crippen molar-refractivity contribution in [3.8, 4) is 0 Å². The van der Waals surface area contributed by atoms with Gasteiger partial charge >= 0.3 is 0 Å². The van der Waals surface area contributed by atoms with Gasteiger partial charge in [-0.3, -0.25) is 0 Å². The Morgan fingerprint density at radius 3 is 2.41 bits per heavy atom. The fraction of sp³-hybridized carbons (Fsp3) is 0.600. The van der Waals surface area contributed by atoms with Crippen molar-refractivity contribution in [2.75, 3.05) is 0 Å². The second-order valence-corrected chi connectivity index (χ2v) is 6.11. The molecule has 17 heavy (non-hydrogen) atoms. The predicted molar refractivity (Wildman–Crippen MR) is 72.1 cm³/mol. The standard InChI is InChI=1S/C15H21ClO/c1-10-6-11(2)8-13(7-10)15(17)12-4-3-5-14(16)9-12/h3-5,9-11,13,15,17H,6-8H2,1-2H3. The molecule has 1 fully saturated rings. The molecule has 1 aromatic carbocycles. The highest BCUT2D eigenvalue weighted by atomic mass is 35.5. The molecule has 0 heterocycles. The number of aliphatic hydroxyl groups excluding tert-OH is 1. The lowest BCUT2D eigenvalue weighted by Crippen LogP contribution is -2.24. The first-order valence-electron chi connectivity index (χ1n) is 6.49. The van der Waals surface area contributed by atoms with Crippen LogP contribution < -0.4 is 0 Å². The number of hydrogen-bond acceptors (Lipinski definition) is 1. The van der Waals surface area contributed by atoms with Gasteiger partial charge in [0.25, 0.3) is 0 Å². The van der Waals surface area contributed by atoms with E-state index in [2.05, 4.69) is 13.8 Å². The first kappa shape index (κ1) is 12.9. The molecule has 2 heteroatoms. The lowest BCUT2D eigenvalue weighted by atomic mass is 9.73. The zero-order valence-electron chi connectivity index (χ0n) is 10.6. The summed E-state index contributed by atoms with van der Waals surface area (Å²) in [6, 6.07) is 7.62. The molecular formula is C15H21ClO. The minimum atomic E-state index is -0.362. The van der Waals surface area contributed by atoms with Gasteiger partial charge in [-0.15, -0.1) is 0 Å². The van der Waals surface area contributed by atoms with Crippen LogP contribution in [-0.4, -0.2) is 5.11 Å². The van der Waals surface area contributed by atoms with Crippen molar-refractivity contribution in [2.24, 2.45) is 17.8 Å². The Morgan fingerprint density at radius 2 is 1.82 bits per heavy atom. The zero-order valence-corrected chi connectivity index (χ0v) is 11.3. The van der Waals surface area contributed by atoms with Gasteiger partial charge < -0.3 is 5.11 Å². The van der Waals surface area contributed by atoms with Gasteiger partial charge in [0.15, 0.2) is 0 Å². The molecule has 1 aliphatic carbocycles. The number of halogens is 1. The third kappa shape index (κ3) is 3.23. The molecule has 1 saturated carbocycles. The lowest BCUT2D eigenvalue weighted by Gasteiger charge is -2.34. The fourth-order valence-electron chi connectivity index (χ4n) is 3.23. The van der Waals surface area contributed by atoms with Crippen LogP contribution in [0.4, 0.5) is 0 Å². The summed E-state index contributed by atoms with van der Waals surface area (Å²) in [7, 11) is 0. The van der Waals surface area contributed by atoms with Crippen LogP contribution in [0, 0.1) is 17.8 Å². The average Bonchev–Trinajstić information content (AvgIpc) is 2.26. The van der Waals surface area contributed by atoms with E-state index in [4.69, 9.17) is 11.6 Å². The Morgan fingerprint density at radius 1 is 1.18 bits per heavy atom. The monoisotopic (exact) mass is 252 g/mol. The van der Waals surface area contributed by atoms with Crippen LogP contribution in [0.5, 0.6) is 0 Å². The van der Waals surface area contributed by atoms with Crippen molar-refractivity contribution in [1.82, 2.24) is 0 Å².